The Balaban J connectivity index is 1.55. The Morgan fingerprint density at radius 2 is 2.05 bits per heavy atom. The van der Waals surface area contributed by atoms with E-state index >= 15 is 0 Å². The SMILES string of the molecule is C#Cc1cccc(C2(NC[C@@H](O)[C@@H]3Cc4cc(F)cc(c4)OCCCCC(=O)NC(CCSC)C(=O)N3)CC2)c1. The third-order valence-corrected chi connectivity index (χ3v) is 8.13. The minimum absolute atomic E-state index is 0.186. The lowest BCUT2D eigenvalue weighted by molar-refractivity contribution is -0.130. The largest absolute Gasteiger partial charge is 0.493 e. The van der Waals surface area contributed by atoms with Gasteiger partial charge in [-0.1, -0.05) is 18.1 Å². The molecule has 2 aromatic rings. The molecule has 9 heteroatoms. The third-order valence-electron chi connectivity index (χ3n) is 7.49. The molecule has 4 N–H and O–H groups in total. The quantitative estimate of drug-likeness (QED) is 0.366. The van der Waals surface area contributed by atoms with Crippen LogP contribution in [0.1, 0.15) is 55.2 Å². The normalized spacial score (nSPS) is 21.9. The molecule has 2 bridgehead atoms. The van der Waals surface area contributed by atoms with Gasteiger partial charge >= 0.3 is 0 Å². The smallest absolute Gasteiger partial charge is 0.242 e. The van der Waals surface area contributed by atoms with Crippen molar-refractivity contribution in [3.63, 3.8) is 0 Å². The average Bonchev–Trinajstić information content (AvgIpc) is 3.74. The highest BCUT2D eigenvalue weighted by molar-refractivity contribution is 7.98. The summed E-state index contributed by atoms with van der Waals surface area (Å²) in [6.45, 7) is 0.550. The molecule has 1 unspecified atom stereocenters. The number of terminal acetylenes is 1. The highest BCUT2D eigenvalue weighted by Crippen LogP contribution is 2.45. The number of thioether (sulfide) groups is 1. The van der Waals surface area contributed by atoms with E-state index < -0.39 is 24.0 Å². The molecule has 214 valence electrons. The molecule has 3 atom stereocenters. The summed E-state index contributed by atoms with van der Waals surface area (Å²) in [5.74, 6) is 2.72. The predicted molar refractivity (Wildman–Crippen MR) is 156 cm³/mol. The second-order valence-corrected chi connectivity index (χ2v) is 11.6. The van der Waals surface area contributed by atoms with Crippen molar-refractivity contribution in [3.05, 3.63) is 65.0 Å². The van der Waals surface area contributed by atoms with Crippen LogP contribution < -0.4 is 20.7 Å². The average molecular weight is 568 g/mol. The third kappa shape index (κ3) is 8.23. The first kappa shape index (κ1) is 29.9. The Labute approximate surface area is 240 Å². The molecule has 0 spiro atoms. The molecule has 40 heavy (non-hydrogen) atoms. The number of rotatable bonds is 8. The van der Waals surface area contributed by atoms with Gasteiger partial charge < -0.3 is 25.8 Å². The summed E-state index contributed by atoms with van der Waals surface area (Å²) in [5, 5.41) is 20.7. The van der Waals surface area contributed by atoms with Gasteiger partial charge in [0.1, 0.15) is 17.6 Å². The fraction of sp³-hybridized carbons (Fsp3) is 0.484. The molecule has 0 radical (unpaired) electrons. The van der Waals surface area contributed by atoms with Gasteiger partial charge in [-0.25, -0.2) is 4.39 Å². The van der Waals surface area contributed by atoms with Gasteiger partial charge in [-0.2, -0.15) is 11.8 Å². The summed E-state index contributed by atoms with van der Waals surface area (Å²) in [4.78, 5) is 26.0. The number of halogens is 1. The number of fused-ring (bicyclic) bond motifs is 2. The topological polar surface area (TPSA) is 99.7 Å². The lowest BCUT2D eigenvalue weighted by Gasteiger charge is -2.29. The molecular weight excluding hydrogens is 529 g/mol. The summed E-state index contributed by atoms with van der Waals surface area (Å²) in [5.41, 5.74) is 2.17. The van der Waals surface area contributed by atoms with Crippen LogP contribution >= 0.6 is 11.8 Å². The fourth-order valence-electron chi connectivity index (χ4n) is 5.03. The van der Waals surface area contributed by atoms with Gasteiger partial charge in [-0.15, -0.1) is 6.42 Å². The molecule has 2 aliphatic rings. The van der Waals surface area contributed by atoms with Crippen molar-refractivity contribution in [2.24, 2.45) is 0 Å². The van der Waals surface area contributed by atoms with Crippen LogP contribution in [0.25, 0.3) is 0 Å². The molecular formula is C31H38FN3O4S. The zero-order valence-electron chi connectivity index (χ0n) is 22.9. The fourth-order valence-corrected chi connectivity index (χ4v) is 5.50. The summed E-state index contributed by atoms with van der Waals surface area (Å²) in [6.07, 6.45) is 10.5. The number of hydrogen-bond donors (Lipinski definition) is 4. The molecule has 1 fully saturated rings. The van der Waals surface area contributed by atoms with Crippen molar-refractivity contribution >= 4 is 23.6 Å². The van der Waals surface area contributed by atoms with E-state index in [4.69, 9.17) is 11.2 Å². The number of nitrogens with one attached hydrogen (secondary N) is 3. The van der Waals surface area contributed by atoms with Gasteiger partial charge in [0.2, 0.25) is 11.8 Å². The van der Waals surface area contributed by atoms with Crippen molar-refractivity contribution in [3.8, 4) is 18.1 Å². The standard InChI is InChI=1S/C31H38FN3O4S/c1-3-21-7-6-8-23(15-21)31(11-12-31)33-20-28(36)27-18-22-16-24(32)19-25(17-22)39-13-5-4-9-29(37)34-26(10-14-40-2)30(38)35-27/h1,6-8,15-17,19,26-28,33,36H,4-5,9-14,18,20H2,2H3,(H,34,37)(H,35,38)/t26?,27-,28+/m0/s1. The second-order valence-electron chi connectivity index (χ2n) is 10.6. The highest BCUT2D eigenvalue weighted by atomic mass is 32.2. The minimum Gasteiger partial charge on any atom is -0.493 e. The molecule has 7 nitrogen and oxygen atoms in total. The van der Waals surface area contributed by atoms with Crippen molar-refractivity contribution in [2.75, 3.05) is 25.2 Å². The first-order chi connectivity index (χ1) is 19.3. The Morgan fingerprint density at radius 3 is 2.80 bits per heavy atom. The maximum absolute atomic E-state index is 14.5. The highest BCUT2D eigenvalue weighted by Gasteiger charge is 2.44. The number of benzene rings is 2. The van der Waals surface area contributed by atoms with E-state index in [0.29, 0.717) is 42.9 Å². The van der Waals surface area contributed by atoms with E-state index in [1.165, 1.54) is 12.1 Å². The maximum Gasteiger partial charge on any atom is 0.242 e. The predicted octanol–water partition coefficient (Wildman–Crippen LogP) is 3.27. The summed E-state index contributed by atoms with van der Waals surface area (Å²) in [7, 11) is 0. The second kappa shape index (κ2) is 14.0. The van der Waals surface area contributed by atoms with Crippen molar-refractivity contribution in [1.82, 2.24) is 16.0 Å². The van der Waals surface area contributed by atoms with Crippen LogP contribution in [0.3, 0.4) is 0 Å². The van der Waals surface area contributed by atoms with Crippen LogP contribution in [0.15, 0.2) is 42.5 Å². The van der Waals surface area contributed by atoms with E-state index in [2.05, 4.69) is 21.9 Å². The Kier molecular flexibility index (Phi) is 10.5. The van der Waals surface area contributed by atoms with E-state index in [9.17, 15) is 19.1 Å². The van der Waals surface area contributed by atoms with Gasteiger partial charge in [0, 0.05) is 30.1 Å². The van der Waals surface area contributed by atoms with Gasteiger partial charge in [0.25, 0.3) is 0 Å². The number of aliphatic hydroxyl groups is 1. The maximum atomic E-state index is 14.5. The van der Waals surface area contributed by atoms with Crippen LogP contribution in [0.5, 0.6) is 5.75 Å². The number of carbonyl (C=O) groups excluding carboxylic acids is 2. The lowest BCUT2D eigenvalue weighted by atomic mass is 9.98. The lowest BCUT2D eigenvalue weighted by Crippen LogP contribution is -2.55. The Morgan fingerprint density at radius 1 is 1.23 bits per heavy atom. The Hall–Kier alpha value is -3.06. The van der Waals surface area contributed by atoms with E-state index in [1.807, 2.05) is 30.5 Å². The molecule has 2 aromatic carbocycles. The molecule has 1 heterocycles. The van der Waals surface area contributed by atoms with Crippen LogP contribution in [0.2, 0.25) is 0 Å². The van der Waals surface area contributed by atoms with Crippen LogP contribution in [0, 0.1) is 18.2 Å². The first-order valence-corrected chi connectivity index (χ1v) is 15.2. The summed E-state index contributed by atoms with van der Waals surface area (Å²) >= 11 is 1.59. The summed E-state index contributed by atoms with van der Waals surface area (Å²) in [6, 6.07) is 10.8. The number of carbonyl (C=O) groups is 2. The monoisotopic (exact) mass is 567 g/mol. The van der Waals surface area contributed by atoms with Crippen LogP contribution in [-0.2, 0) is 21.5 Å². The van der Waals surface area contributed by atoms with Gasteiger partial charge in [-0.3, -0.25) is 9.59 Å². The molecule has 1 saturated carbocycles. The zero-order chi connectivity index (χ0) is 28.5. The molecule has 4 rings (SSSR count). The van der Waals surface area contributed by atoms with Gasteiger partial charge in [-0.05, 0) is 85.9 Å². The summed E-state index contributed by atoms with van der Waals surface area (Å²) < 4.78 is 20.2. The zero-order valence-corrected chi connectivity index (χ0v) is 23.7. The number of aliphatic hydroxyl groups excluding tert-OH is 1. The van der Waals surface area contributed by atoms with E-state index in [1.54, 1.807) is 17.8 Å². The first-order valence-electron chi connectivity index (χ1n) is 13.8. The molecule has 2 amide bonds. The van der Waals surface area contributed by atoms with E-state index in [-0.39, 0.29) is 36.7 Å². The minimum atomic E-state index is -0.988. The number of amides is 2. The van der Waals surface area contributed by atoms with Gasteiger partial charge in [0.15, 0.2) is 0 Å². The number of hydrogen-bond acceptors (Lipinski definition) is 6. The molecule has 1 aliphatic carbocycles. The van der Waals surface area contributed by atoms with Crippen molar-refractivity contribution in [1.29, 1.82) is 0 Å². The molecule has 0 aromatic heterocycles. The van der Waals surface area contributed by atoms with Gasteiger partial charge in [0.05, 0.1) is 18.8 Å². The van der Waals surface area contributed by atoms with Crippen molar-refractivity contribution < 1.29 is 23.8 Å². The van der Waals surface area contributed by atoms with Crippen molar-refractivity contribution in [2.45, 2.75) is 68.7 Å². The molecule has 0 saturated heterocycles. The van der Waals surface area contributed by atoms with E-state index in [0.717, 1.165) is 24.0 Å². The number of ether oxygens (including phenoxy) is 1. The van der Waals surface area contributed by atoms with Crippen LogP contribution in [0.4, 0.5) is 4.39 Å². The molecule has 1 aliphatic heterocycles. The Bertz CT molecular complexity index is 1230. The van der Waals surface area contributed by atoms with Crippen LogP contribution in [-0.4, -0.2) is 60.3 Å².